The number of methoxy groups -OCH3 is 1. The van der Waals surface area contributed by atoms with Crippen molar-refractivity contribution in [2.75, 3.05) is 64.4 Å². The number of pyridine rings is 1. The van der Waals surface area contributed by atoms with Crippen LogP contribution in [0, 0.1) is 0 Å². The maximum absolute atomic E-state index is 12.9. The number of amides is 1. The van der Waals surface area contributed by atoms with Gasteiger partial charge in [-0.15, -0.1) is 0 Å². The van der Waals surface area contributed by atoms with Crippen LogP contribution in [-0.4, -0.2) is 97.2 Å². The molecule has 3 fully saturated rings. The van der Waals surface area contributed by atoms with Gasteiger partial charge in [-0.3, -0.25) is 14.6 Å². The van der Waals surface area contributed by atoms with Gasteiger partial charge in [0.25, 0.3) is 0 Å². The lowest BCUT2D eigenvalue weighted by Crippen LogP contribution is -2.55. The predicted octanol–water partition coefficient (Wildman–Crippen LogP) is 1.75. The molecule has 0 N–H and O–H groups in total. The van der Waals surface area contributed by atoms with Crippen molar-refractivity contribution in [2.24, 2.45) is 0 Å². The van der Waals surface area contributed by atoms with Crippen molar-refractivity contribution in [3.05, 3.63) is 23.4 Å². The van der Waals surface area contributed by atoms with Gasteiger partial charge in [0.2, 0.25) is 5.91 Å². The Kier molecular flexibility index (Phi) is 6.44. The molecule has 4 heterocycles. The number of hydrogen-bond acceptors (Lipinski definition) is 6. The second-order valence-corrected chi connectivity index (χ2v) is 9.68. The van der Waals surface area contributed by atoms with E-state index in [2.05, 4.69) is 31.7 Å². The molecular formula is C24H37N5O2. The van der Waals surface area contributed by atoms with Crippen LogP contribution in [0.5, 0.6) is 0 Å². The Hall–Kier alpha value is -1.70. The molecule has 1 aromatic heterocycles. The summed E-state index contributed by atoms with van der Waals surface area (Å²) < 4.78 is 5.40. The second kappa shape index (κ2) is 9.43. The number of hydrogen-bond donors (Lipinski definition) is 0. The molecule has 0 radical (unpaired) electrons. The minimum Gasteiger partial charge on any atom is -0.383 e. The van der Waals surface area contributed by atoms with E-state index in [1.807, 2.05) is 0 Å². The fourth-order valence-electron chi connectivity index (χ4n) is 5.64. The van der Waals surface area contributed by atoms with Crippen LogP contribution in [0.3, 0.4) is 0 Å². The molecule has 1 amide bonds. The molecule has 1 aliphatic carbocycles. The Morgan fingerprint density at radius 3 is 2.65 bits per heavy atom. The SMILES string of the molecule is COC[C@@H]1CCCN1c1ccc2c(n1)CCN(CC(=O)N1CCN(C3CCC3)CC1)C2. The van der Waals surface area contributed by atoms with Crippen LogP contribution in [0.4, 0.5) is 5.82 Å². The molecule has 2 saturated heterocycles. The minimum atomic E-state index is 0.292. The quantitative estimate of drug-likeness (QED) is 0.690. The molecule has 31 heavy (non-hydrogen) atoms. The normalized spacial score (nSPS) is 25.5. The van der Waals surface area contributed by atoms with Crippen LogP contribution in [0.2, 0.25) is 0 Å². The van der Waals surface area contributed by atoms with E-state index in [1.165, 1.54) is 43.4 Å². The Bertz CT molecular complexity index is 775. The third kappa shape index (κ3) is 4.59. The highest BCUT2D eigenvalue weighted by Gasteiger charge is 2.31. The van der Waals surface area contributed by atoms with Crippen molar-refractivity contribution in [3.8, 4) is 0 Å². The molecule has 0 unspecified atom stereocenters. The average molecular weight is 428 g/mol. The number of ether oxygens (including phenoxy) is 1. The van der Waals surface area contributed by atoms with Gasteiger partial charge in [0.15, 0.2) is 0 Å². The van der Waals surface area contributed by atoms with Crippen LogP contribution < -0.4 is 4.90 Å². The van der Waals surface area contributed by atoms with E-state index in [1.54, 1.807) is 7.11 Å². The molecule has 4 aliphatic rings. The Morgan fingerprint density at radius 1 is 1.06 bits per heavy atom. The van der Waals surface area contributed by atoms with Gasteiger partial charge in [0.05, 0.1) is 19.2 Å². The summed E-state index contributed by atoms with van der Waals surface area (Å²) in [7, 11) is 1.78. The fraction of sp³-hybridized carbons (Fsp3) is 0.750. The largest absolute Gasteiger partial charge is 0.383 e. The Labute approximate surface area is 186 Å². The molecule has 3 aliphatic heterocycles. The van der Waals surface area contributed by atoms with Gasteiger partial charge in [-0.05, 0) is 37.3 Å². The van der Waals surface area contributed by atoms with E-state index >= 15 is 0 Å². The molecule has 0 bridgehead atoms. The summed E-state index contributed by atoms with van der Waals surface area (Å²) in [6, 6.07) is 5.63. The van der Waals surface area contributed by atoms with E-state index in [4.69, 9.17) is 9.72 Å². The van der Waals surface area contributed by atoms with E-state index < -0.39 is 0 Å². The van der Waals surface area contributed by atoms with E-state index in [0.29, 0.717) is 18.5 Å². The van der Waals surface area contributed by atoms with Gasteiger partial charge < -0.3 is 14.5 Å². The van der Waals surface area contributed by atoms with Crippen LogP contribution in [0.1, 0.15) is 43.4 Å². The Morgan fingerprint density at radius 2 is 1.90 bits per heavy atom. The van der Waals surface area contributed by atoms with Crippen molar-refractivity contribution in [3.63, 3.8) is 0 Å². The molecular weight excluding hydrogens is 390 g/mol. The van der Waals surface area contributed by atoms with E-state index in [-0.39, 0.29) is 0 Å². The summed E-state index contributed by atoms with van der Waals surface area (Å²) in [6.45, 7) is 7.99. The first-order chi connectivity index (χ1) is 15.2. The summed E-state index contributed by atoms with van der Waals surface area (Å²) in [5.74, 6) is 1.38. The number of rotatable bonds is 6. The first kappa shape index (κ1) is 21.2. The molecule has 7 heteroatoms. The van der Waals surface area contributed by atoms with Crippen LogP contribution in [0.25, 0.3) is 0 Å². The smallest absolute Gasteiger partial charge is 0.236 e. The summed E-state index contributed by atoms with van der Waals surface area (Å²) >= 11 is 0. The van der Waals surface area contributed by atoms with E-state index in [9.17, 15) is 4.79 Å². The third-order valence-corrected chi connectivity index (χ3v) is 7.76. The van der Waals surface area contributed by atoms with Gasteiger partial charge >= 0.3 is 0 Å². The zero-order valence-corrected chi connectivity index (χ0v) is 19.0. The highest BCUT2D eigenvalue weighted by atomic mass is 16.5. The zero-order valence-electron chi connectivity index (χ0n) is 19.0. The van der Waals surface area contributed by atoms with Crippen molar-refractivity contribution in [1.29, 1.82) is 0 Å². The molecule has 170 valence electrons. The van der Waals surface area contributed by atoms with Gasteiger partial charge in [-0.25, -0.2) is 4.98 Å². The van der Waals surface area contributed by atoms with Gasteiger partial charge in [0.1, 0.15) is 5.82 Å². The van der Waals surface area contributed by atoms with Crippen molar-refractivity contribution < 1.29 is 9.53 Å². The number of carbonyl (C=O) groups excluding carboxylic acids is 1. The minimum absolute atomic E-state index is 0.292. The van der Waals surface area contributed by atoms with Crippen molar-refractivity contribution >= 4 is 11.7 Å². The monoisotopic (exact) mass is 427 g/mol. The zero-order chi connectivity index (χ0) is 21.2. The van der Waals surface area contributed by atoms with Gasteiger partial charge in [0, 0.05) is 71.1 Å². The van der Waals surface area contributed by atoms with Crippen LogP contribution >= 0.6 is 0 Å². The number of anilines is 1. The molecule has 0 spiro atoms. The maximum atomic E-state index is 12.9. The maximum Gasteiger partial charge on any atom is 0.236 e. The van der Waals surface area contributed by atoms with Crippen molar-refractivity contribution in [1.82, 2.24) is 19.7 Å². The highest BCUT2D eigenvalue weighted by molar-refractivity contribution is 5.78. The number of aromatic nitrogens is 1. The molecule has 1 atom stereocenters. The summed E-state index contributed by atoms with van der Waals surface area (Å²) in [6.07, 6.45) is 7.38. The van der Waals surface area contributed by atoms with Gasteiger partial charge in [-0.1, -0.05) is 12.5 Å². The molecule has 1 saturated carbocycles. The van der Waals surface area contributed by atoms with Crippen molar-refractivity contribution in [2.45, 2.75) is 57.2 Å². The third-order valence-electron chi connectivity index (χ3n) is 7.76. The number of carbonyl (C=O) groups is 1. The first-order valence-electron chi connectivity index (χ1n) is 12.2. The highest BCUT2D eigenvalue weighted by Crippen LogP contribution is 2.28. The van der Waals surface area contributed by atoms with Crippen LogP contribution in [-0.2, 0) is 22.5 Å². The topological polar surface area (TPSA) is 52.2 Å². The lowest BCUT2D eigenvalue weighted by atomic mass is 9.91. The fourth-order valence-corrected chi connectivity index (χ4v) is 5.64. The lowest BCUT2D eigenvalue weighted by molar-refractivity contribution is -0.135. The lowest BCUT2D eigenvalue weighted by Gasteiger charge is -2.43. The standard InChI is InChI=1S/C24H37N5O2/c1-31-18-21-6-3-10-29(21)23-8-7-19-16-26(11-9-22(19)25-23)17-24(30)28-14-12-27(13-15-28)20-4-2-5-20/h7-8,20-21H,2-6,9-18H2,1H3/t21-/m0/s1. The summed E-state index contributed by atoms with van der Waals surface area (Å²) in [5.41, 5.74) is 2.48. The molecule has 1 aromatic rings. The van der Waals surface area contributed by atoms with Crippen LogP contribution in [0.15, 0.2) is 12.1 Å². The second-order valence-electron chi connectivity index (χ2n) is 9.68. The van der Waals surface area contributed by atoms with Gasteiger partial charge in [-0.2, -0.15) is 0 Å². The molecule has 5 rings (SSSR count). The molecule has 0 aromatic carbocycles. The average Bonchev–Trinajstić information content (AvgIpc) is 3.21. The molecule has 7 nitrogen and oxygen atoms in total. The van der Waals surface area contributed by atoms with E-state index in [0.717, 1.165) is 70.7 Å². The number of piperazine rings is 1. The Balaban J connectivity index is 1.14. The number of nitrogens with zero attached hydrogens (tertiary/aromatic N) is 5. The number of fused-ring (bicyclic) bond motifs is 1. The summed E-state index contributed by atoms with van der Waals surface area (Å²) in [4.78, 5) is 27.3. The predicted molar refractivity (Wildman–Crippen MR) is 121 cm³/mol. The first-order valence-corrected chi connectivity index (χ1v) is 12.2. The summed E-state index contributed by atoms with van der Waals surface area (Å²) in [5, 5.41) is 0.